The van der Waals surface area contributed by atoms with Gasteiger partial charge in [-0.15, -0.1) is 0 Å². The van der Waals surface area contributed by atoms with Crippen LogP contribution >= 0.6 is 0 Å². The second-order valence-electron chi connectivity index (χ2n) is 3.52. The smallest absolute Gasteiger partial charge is 0.0659 e. The lowest BCUT2D eigenvalue weighted by atomic mass is 9.79. The summed E-state index contributed by atoms with van der Waals surface area (Å²) in [5.41, 5.74) is 10.9. The largest absolute Gasteiger partial charge is 0.313 e. The summed E-state index contributed by atoms with van der Waals surface area (Å²) >= 11 is 0. The Hall–Kier alpha value is -0.160. The zero-order valence-corrected chi connectivity index (χ0v) is 8.02. The van der Waals surface area contributed by atoms with Gasteiger partial charge in [0.1, 0.15) is 0 Å². The van der Waals surface area contributed by atoms with Crippen LogP contribution in [-0.2, 0) is 0 Å². The highest BCUT2D eigenvalue weighted by atomic mass is 15.0. The van der Waals surface area contributed by atoms with Crippen LogP contribution in [0.1, 0.15) is 34.1 Å². The van der Waals surface area contributed by atoms with Crippen molar-refractivity contribution in [2.45, 2.75) is 39.8 Å². The van der Waals surface area contributed by atoms with E-state index in [0.717, 1.165) is 6.42 Å². The van der Waals surface area contributed by atoms with Crippen LogP contribution in [0.4, 0.5) is 0 Å². The van der Waals surface area contributed by atoms with Crippen LogP contribution in [0.3, 0.4) is 0 Å². The average molecular weight is 162 g/mol. The van der Waals surface area contributed by atoms with Gasteiger partial charge >= 0.3 is 0 Å². The van der Waals surface area contributed by atoms with Crippen molar-refractivity contribution in [1.82, 2.24) is 0 Å². The summed E-state index contributed by atoms with van der Waals surface area (Å²) in [6.45, 7) is 8.11. The molecule has 0 aromatic carbocycles. The highest BCUT2D eigenvalue weighted by molar-refractivity contribution is 4.87. The standard InChI is InChI=1S/C7H18N2.H4N2/c1-5-6(2,3)7(4,8)9;1-2/h5,8-9H2,1-4H3;1-2H2. The molecule has 0 fully saturated rings. The molecule has 0 radical (unpaired) electrons. The second-order valence-corrected chi connectivity index (χ2v) is 3.52. The number of nitrogens with two attached hydrogens (primary N) is 4. The van der Waals surface area contributed by atoms with Crippen molar-refractivity contribution in [2.24, 2.45) is 28.6 Å². The van der Waals surface area contributed by atoms with Gasteiger partial charge in [-0.2, -0.15) is 0 Å². The van der Waals surface area contributed by atoms with Gasteiger partial charge in [0.2, 0.25) is 0 Å². The molecule has 4 heteroatoms. The Kier molecular flexibility index (Phi) is 5.69. The van der Waals surface area contributed by atoms with Crippen LogP contribution in [-0.4, -0.2) is 5.66 Å². The summed E-state index contributed by atoms with van der Waals surface area (Å²) in [7, 11) is 0. The van der Waals surface area contributed by atoms with Crippen molar-refractivity contribution >= 4 is 0 Å². The van der Waals surface area contributed by atoms with Gasteiger partial charge in [0, 0.05) is 0 Å². The topological polar surface area (TPSA) is 104 Å². The van der Waals surface area contributed by atoms with E-state index in [-0.39, 0.29) is 5.41 Å². The fourth-order valence-electron chi connectivity index (χ4n) is 0.381. The maximum absolute atomic E-state index is 5.70. The fourth-order valence-corrected chi connectivity index (χ4v) is 0.381. The van der Waals surface area contributed by atoms with Crippen LogP contribution in [0.5, 0.6) is 0 Å². The van der Waals surface area contributed by atoms with Crippen LogP contribution in [0.2, 0.25) is 0 Å². The molecule has 0 aliphatic heterocycles. The molecule has 0 saturated carbocycles. The summed E-state index contributed by atoms with van der Waals surface area (Å²) < 4.78 is 0. The first kappa shape index (κ1) is 13.4. The van der Waals surface area contributed by atoms with E-state index in [1.165, 1.54) is 0 Å². The lowest BCUT2D eigenvalue weighted by molar-refractivity contribution is 0.182. The van der Waals surface area contributed by atoms with E-state index in [0.29, 0.717) is 0 Å². The molecule has 70 valence electrons. The molecule has 0 heterocycles. The molecule has 0 amide bonds. The van der Waals surface area contributed by atoms with Crippen molar-refractivity contribution in [3.63, 3.8) is 0 Å². The van der Waals surface area contributed by atoms with E-state index in [1.807, 2.05) is 6.92 Å². The van der Waals surface area contributed by atoms with Crippen LogP contribution < -0.4 is 23.2 Å². The third kappa shape index (κ3) is 4.31. The van der Waals surface area contributed by atoms with Crippen LogP contribution in [0.15, 0.2) is 0 Å². The molecule has 4 nitrogen and oxygen atoms in total. The molecule has 0 aliphatic rings. The molecule has 0 aliphatic carbocycles. The third-order valence-electron chi connectivity index (χ3n) is 2.34. The van der Waals surface area contributed by atoms with Gasteiger partial charge < -0.3 is 11.5 Å². The minimum absolute atomic E-state index is 0.0347. The molecule has 0 atom stereocenters. The Morgan fingerprint density at radius 3 is 1.27 bits per heavy atom. The van der Waals surface area contributed by atoms with Gasteiger partial charge in [-0.25, -0.2) is 0 Å². The van der Waals surface area contributed by atoms with Crippen molar-refractivity contribution in [2.75, 3.05) is 0 Å². The minimum atomic E-state index is -0.554. The van der Waals surface area contributed by atoms with Crippen molar-refractivity contribution in [3.05, 3.63) is 0 Å². The molecule has 0 bridgehead atoms. The highest BCUT2D eigenvalue weighted by Crippen LogP contribution is 2.27. The minimum Gasteiger partial charge on any atom is -0.313 e. The molecular formula is C7H22N4. The lowest BCUT2D eigenvalue weighted by Gasteiger charge is -2.37. The van der Waals surface area contributed by atoms with E-state index < -0.39 is 5.66 Å². The monoisotopic (exact) mass is 162 g/mol. The Morgan fingerprint density at radius 2 is 1.27 bits per heavy atom. The highest BCUT2D eigenvalue weighted by Gasteiger charge is 2.31. The first-order valence-electron chi connectivity index (χ1n) is 3.72. The zero-order valence-electron chi connectivity index (χ0n) is 8.02. The predicted octanol–water partition coefficient (Wildman–Crippen LogP) is -0.125. The second kappa shape index (κ2) is 4.66. The molecule has 8 N–H and O–H groups in total. The lowest BCUT2D eigenvalue weighted by Crippen LogP contribution is -2.57. The molecule has 0 unspecified atom stereocenters. The van der Waals surface area contributed by atoms with E-state index in [4.69, 9.17) is 11.5 Å². The fraction of sp³-hybridized carbons (Fsp3) is 1.00. The molecule has 0 aromatic rings. The molecule has 0 rings (SSSR count). The molecular weight excluding hydrogens is 140 g/mol. The summed E-state index contributed by atoms with van der Waals surface area (Å²) in [4.78, 5) is 0. The Balaban J connectivity index is 0. The summed E-state index contributed by atoms with van der Waals surface area (Å²) in [6.07, 6.45) is 1.01. The number of hydrogen-bond acceptors (Lipinski definition) is 4. The van der Waals surface area contributed by atoms with Crippen LogP contribution in [0, 0.1) is 5.41 Å². The number of hydrazine groups is 1. The van der Waals surface area contributed by atoms with Gasteiger partial charge in [-0.05, 0) is 18.8 Å². The molecule has 0 spiro atoms. The molecule has 0 aromatic heterocycles. The first-order chi connectivity index (χ1) is 4.81. The van der Waals surface area contributed by atoms with E-state index >= 15 is 0 Å². The average Bonchev–Trinajstić information content (AvgIpc) is 1.90. The summed E-state index contributed by atoms with van der Waals surface area (Å²) in [5, 5.41) is 0. The van der Waals surface area contributed by atoms with Gasteiger partial charge in [-0.3, -0.25) is 11.7 Å². The zero-order chi connectivity index (χ0) is 9.71. The van der Waals surface area contributed by atoms with Gasteiger partial charge in [0.25, 0.3) is 0 Å². The molecule has 11 heavy (non-hydrogen) atoms. The number of rotatable bonds is 2. The Morgan fingerprint density at radius 1 is 1.00 bits per heavy atom. The van der Waals surface area contributed by atoms with E-state index in [9.17, 15) is 0 Å². The van der Waals surface area contributed by atoms with Gasteiger partial charge in [0.05, 0.1) is 5.66 Å². The normalized spacial score (nSPS) is 12.0. The quantitative estimate of drug-likeness (QED) is 0.258. The van der Waals surface area contributed by atoms with E-state index in [2.05, 4.69) is 32.5 Å². The number of hydrogen-bond donors (Lipinski definition) is 4. The maximum Gasteiger partial charge on any atom is 0.0659 e. The summed E-state index contributed by atoms with van der Waals surface area (Å²) in [5.74, 6) is 8.00. The first-order valence-corrected chi connectivity index (χ1v) is 3.72. The summed E-state index contributed by atoms with van der Waals surface area (Å²) in [6, 6.07) is 0. The van der Waals surface area contributed by atoms with Crippen molar-refractivity contribution < 1.29 is 0 Å². The Labute approximate surface area is 69.3 Å². The SMILES string of the molecule is CCC(C)(C)C(C)(N)N.NN. The van der Waals surface area contributed by atoms with E-state index in [1.54, 1.807) is 0 Å². The maximum atomic E-state index is 5.70. The van der Waals surface area contributed by atoms with Gasteiger partial charge in [0.15, 0.2) is 0 Å². The predicted molar refractivity (Wildman–Crippen MR) is 49.2 cm³/mol. The van der Waals surface area contributed by atoms with Gasteiger partial charge in [-0.1, -0.05) is 20.8 Å². The molecule has 0 saturated heterocycles. The van der Waals surface area contributed by atoms with Crippen molar-refractivity contribution in [3.8, 4) is 0 Å². The van der Waals surface area contributed by atoms with Crippen molar-refractivity contribution in [1.29, 1.82) is 0 Å². The third-order valence-corrected chi connectivity index (χ3v) is 2.34. The van der Waals surface area contributed by atoms with Crippen LogP contribution in [0.25, 0.3) is 0 Å². The Bertz CT molecular complexity index is 93.1.